The van der Waals surface area contributed by atoms with Gasteiger partial charge in [-0.25, -0.2) is 0 Å². The molecule has 0 amide bonds. The predicted molar refractivity (Wildman–Crippen MR) is 73.3 cm³/mol. The van der Waals surface area contributed by atoms with Crippen LogP contribution in [0.3, 0.4) is 0 Å². The molecule has 0 aliphatic heterocycles. The third kappa shape index (κ3) is 3.96. The van der Waals surface area contributed by atoms with E-state index in [0.717, 1.165) is 0 Å². The number of hydrogen-bond donors (Lipinski definition) is 1. The van der Waals surface area contributed by atoms with Crippen LogP contribution in [0.25, 0.3) is 0 Å². The molecule has 0 saturated carbocycles. The average molecular weight is 274 g/mol. The Hall–Kier alpha value is -1.14. The summed E-state index contributed by atoms with van der Waals surface area (Å²) in [5.74, 6) is 1.07. The third-order valence-electron chi connectivity index (χ3n) is 2.42. The van der Waals surface area contributed by atoms with E-state index in [1.807, 2.05) is 32.8 Å². The van der Waals surface area contributed by atoms with Crippen molar-refractivity contribution in [2.75, 3.05) is 37.0 Å². The minimum absolute atomic E-state index is 0.141. The van der Waals surface area contributed by atoms with Crippen LogP contribution in [0.4, 0.5) is 11.9 Å². The quantitative estimate of drug-likeness (QED) is 0.840. The molecule has 102 valence electrons. The number of aromatic nitrogens is 3. The average Bonchev–Trinajstić information content (AvgIpc) is 2.28. The lowest BCUT2D eigenvalue weighted by molar-refractivity contribution is 0.288. The maximum atomic E-state index is 8.93. The lowest BCUT2D eigenvalue weighted by Crippen LogP contribution is -2.34. The molecule has 0 aliphatic carbocycles. The van der Waals surface area contributed by atoms with E-state index >= 15 is 0 Å². The summed E-state index contributed by atoms with van der Waals surface area (Å²) in [7, 11) is 3.70. The second-order valence-electron chi connectivity index (χ2n) is 4.46. The number of rotatable bonds is 6. The summed E-state index contributed by atoms with van der Waals surface area (Å²) in [6, 6.07) is 0.227. The molecule has 1 N–H and O–H groups in total. The molecule has 0 aromatic carbocycles. The van der Waals surface area contributed by atoms with E-state index in [4.69, 9.17) is 16.7 Å². The highest BCUT2D eigenvalue weighted by Crippen LogP contribution is 2.17. The van der Waals surface area contributed by atoms with Gasteiger partial charge in [-0.15, -0.1) is 0 Å². The van der Waals surface area contributed by atoms with Crippen molar-refractivity contribution in [1.82, 2.24) is 15.0 Å². The van der Waals surface area contributed by atoms with E-state index in [2.05, 4.69) is 15.0 Å². The van der Waals surface area contributed by atoms with Crippen LogP contribution >= 0.6 is 11.6 Å². The van der Waals surface area contributed by atoms with Gasteiger partial charge >= 0.3 is 0 Å². The summed E-state index contributed by atoms with van der Waals surface area (Å²) in [4.78, 5) is 16.3. The largest absolute Gasteiger partial charge is 0.396 e. The van der Waals surface area contributed by atoms with Gasteiger partial charge in [-0.05, 0) is 31.9 Å². The van der Waals surface area contributed by atoms with Crippen molar-refractivity contribution in [2.45, 2.75) is 26.3 Å². The zero-order valence-electron chi connectivity index (χ0n) is 11.3. The number of nitrogens with zero attached hydrogens (tertiary/aromatic N) is 5. The monoisotopic (exact) mass is 273 g/mol. The van der Waals surface area contributed by atoms with Gasteiger partial charge in [-0.1, -0.05) is 0 Å². The lowest BCUT2D eigenvalue weighted by atomic mass is 10.3. The summed E-state index contributed by atoms with van der Waals surface area (Å²) in [6.45, 7) is 4.92. The molecule has 1 aromatic heterocycles. The maximum absolute atomic E-state index is 8.93. The Bertz CT molecular complexity index is 386. The highest BCUT2D eigenvalue weighted by molar-refractivity contribution is 6.28. The Labute approximate surface area is 113 Å². The van der Waals surface area contributed by atoms with Gasteiger partial charge in [0.1, 0.15) is 0 Å². The molecule has 0 unspecified atom stereocenters. The Balaban J connectivity index is 3.03. The van der Waals surface area contributed by atoms with Crippen LogP contribution in [-0.2, 0) is 0 Å². The third-order valence-corrected chi connectivity index (χ3v) is 2.59. The first-order chi connectivity index (χ1) is 8.45. The molecular formula is C11H20ClN5O. The van der Waals surface area contributed by atoms with Gasteiger partial charge in [0.15, 0.2) is 0 Å². The van der Waals surface area contributed by atoms with Crippen LogP contribution in [0.5, 0.6) is 0 Å². The number of aliphatic hydroxyl groups is 1. The Kier molecular flexibility index (Phi) is 5.55. The molecule has 0 spiro atoms. The zero-order chi connectivity index (χ0) is 13.7. The highest BCUT2D eigenvalue weighted by Gasteiger charge is 2.16. The molecular weight excluding hydrogens is 254 g/mol. The van der Waals surface area contributed by atoms with Crippen molar-refractivity contribution in [3.8, 4) is 0 Å². The molecule has 0 atom stereocenters. The summed E-state index contributed by atoms with van der Waals surface area (Å²) in [5, 5.41) is 9.11. The van der Waals surface area contributed by atoms with Crippen molar-refractivity contribution < 1.29 is 5.11 Å². The molecule has 1 rings (SSSR count). The van der Waals surface area contributed by atoms with E-state index in [9.17, 15) is 0 Å². The summed E-state index contributed by atoms with van der Waals surface area (Å²) in [6.07, 6.45) is 0.665. The van der Waals surface area contributed by atoms with Gasteiger partial charge in [0.25, 0.3) is 0 Å². The second kappa shape index (κ2) is 6.70. The normalized spacial score (nSPS) is 10.8. The topological polar surface area (TPSA) is 65.4 Å². The first-order valence-electron chi connectivity index (χ1n) is 5.92. The Morgan fingerprint density at radius 2 is 1.78 bits per heavy atom. The summed E-state index contributed by atoms with van der Waals surface area (Å²) >= 11 is 5.91. The smallest absolute Gasteiger partial charge is 0.231 e. The van der Waals surface area contributed by atoms with Crippen molar-refractivity contribution >= 4 is 23.5 Å². The number of aliphatic hydroxyl groups excluding tert-OH is 1. The minimum atomic E-state index is 0.141. The standard InChI is InChI=1S/C11H20ClN5O/c1-8(2)17(6-5-7-18)11-14-9(12)13-10(15-11)16(3)4/h8,18H,5-7H2,1-4H3. The second-order valence-corrected chi connectivity index (χ2v) is 4.80. The fourth-order valence-corrected chi connectivity index (χ4v) is 1.64. The molecule has 0 saturated heterocycles. The van der Waals surface area contributed by atoms with Crippen molar-refractivity contribution in [2.24, 2.45) is 0 Å². The molecule has 0 radical (unpaired) electrons. The molecule has 0 bridgehead atoms. The van der Waals surface area contributed by atoms with Gasteiger partial charge < -0.3 is 14.9 Å². The molecule has 6 nitrogen and oxygen atoms in total. The SMILES string of the molecule is CC(C)N(CCCO)c1nc(Cl)nc(N(C)C)n1. The van der Waals surface area contributed by atoms with E-state index in [1.165, 1.54) is 0 Å². The van der Waals surface area contributed by atoms with Crippen LogP contribution < -0.4 is 9.80 Å². The lowest BCUT2D eigenvalue weighted by Gasteiger charge is -2.27. The Morgan fingerprint density at radius 1 is 1.17 bits per heavy atom. The van der Waals surface area contributed by atoms with Crippen LogP contribution in [-0.4, -0.2) is 53.3 Å². The number of anilines is 2. The van der Waals surface area contributed by atoms with E-state index < -0.39 is 0 Å². The summed E-state index contributed by atoms with van der Waals surface area (Å²) in [5.41, 5.74) is 0. The van der Waals surface area contributed by atoms with Crippen LogP contribution in [0.2, 0.25) is 5.28 Å². The highest BCUT2D eigenvalue weighted by atomic mass is 35.5. The van der Waals surface area contributed by atoms with Crippen molar-refractivity contribution in [3.63, 3.8) is 0 Å². The van der Waals surface area contributed by atoms with Crippen molar-refractivity contribution in [1.29, 1.82) is 0 Å². The zero-order valence-corrected chi connectivity index (χ0v) is 12.0. The fourth-order valence-electron chi connectivity index (χ4n) is 1.49. The minimum Gasteiger partial charge on any atom is -0.396 e. The molecule has 1 aromatic rings. The molecule has 1 heterocycles. The van der Waals surface area contributed by atoms with Gasteiger partial charge in [-0.3, -0.25) is 0 Å². The van der Waals surface area contributed by atoms with Gasteiger partial charge in [-0.2, -0.15) is 15.0 Å². The first kappa shape index (κ1) is 14.9. The van der Waals surface area contributed by atoms with E-state index in [0.29, 0.717) is 24.9 Å². The first-order valence-corrected chi connectivity index (χ1v) is 6.30. The number of halogens is 1. The van der Waals surface area contributed by atoms with Crippen LogP contribution in [0.1, 0.15) is 20.3 Å². The van der Waals surface area contributed by atoms with Crippen LogP contribution in [0.15, 0.2) is 0 Å². The summed E-state index contributed by atoms with van der Waals surface area (Å²) < 4.78 is 0. The fraction of sp³-hybridized carbons (Fsp3) is 0.727. The molecule has 0 aliphatic rings. The van der Waals surface area contributed by atoms with Gasteiger partial charge in [0.05, 0.1) is 0 Å². The maximum Gasteiger partial charge on any atom is 0.231 e. The van der Waals surface area contributed by atoms with Gasteiger partial charge in [0, 0.05) is 33.3 Å². The Morgan fingerprint density at radius 3 is 2.28 bits per heavy atom. The molecule has 18 heavy (non-hydrogen) atoms. The van der Waals surface area contributed by atoms with Gasteiger partial charge in [0.2, 0.25) is 17.2 Å². The van der Waals surface area contributed by atoms with E-state index in [1.54, 1.807) is 4.90 Å². The molecule has 0 fully saturated rings. The van der Waals surface area contributed by atoms with Crippen LogP contribution in [0, 0.1) is 0 Å². The van der Waals surface area contributed by atoms with E-state index in [-0.39, 0.29) is 17.9 Å². The van der Waals surface area contributed by atoms with Crippen molar-refractivity contribution in [3.05, 3.63) is 5.28 Å². The molecule has 7 heteroatoms. The predicted octanol–water partition coefficient (Wildman–Crippen LogP) is 1.19. The number of hydrogen-bond acceptors (Lipinski definition) is 6.